The topological polar surface area (TPSA) is 90.0 Å². The van der Waals surface area contributed by atoms with Crippen molar-refractivity contribution in [3.05, 3.63) is 29.3 Å². The van der Waals surface area contributed by atoms with Gasteiger partial charge in [-0.05, 0) is 38.3 Å². The van der Waals surface area contributed by atoms with Gasteiger partial charge in [-0.15, -0.1) is 0 Å². The predicted molar refractivity (Wildman–Crippen MR) is 96.8 cm³/mol. The lowest BCUT2D eigenvalue weighted by Gasteiger charge is -2.26. The van der Waals surface area contributed by atoms with E-state index in [4.69, 9.17) is 9.47 Å². The van der Waals surface area contributed by atoms with Crippen molar-refractivity contribution in [2.75, 3.05) is 25.2 Å². The Morgan fingerprint density at radius 3 is 2.42 bits per heavy atom. The van der Waals surface area contributed by atoms with Crippen LogP contribution in [-0.4, -0.2) is 62.5 Å². The van der Waals surface area contributed by atoms with Crippen LogP contribution in [0.2, 0.25) is 0 Å². The van der Waals surface area contributed by atoms with Crippen LogP contribution in [0.5, 0.6) is 5.75 Å². The Labute approximate surface area is 154 Å². The summed E-state index contributed by atoms with van der Waals surface area (Å²) in [5, 5.41) is 0. The monoisotopic (exact) mass is 383 g/mol. The maximum Gasteiger partial charge on any atom is 0.344 e. The quantitative estimate of drug-likeness (QED) is 0.687. The van der Waals surface area contributed by atoms with Gasteiger partial charge in [-0.1, -0.05) is 18.2 Å². The van der Waals surface area contributed by atoms with E-state index in [1.165, 1.54) is 18.9 Å². The zero-order valence-electron chi connectivity index (χ0n) is 15.5. The van der Waals surface area contributed by atoms with Crippen molar-refractivity contribution in [3.63, 3.8) is 0 Å². The second-order valence-corrected chi connectivity index (χ2v) is 8.88. The van der Waals surface area contributed by atoms with Gasteiger partial charge in [0, 0.05) is 13.1 Å². The van der Waals surface area contributed by atoms with E-state index in [-0.39, 0.29) is 24.2 Å². The van der Waals surface area contributed by atoms with E-state index < -0.39 is 27.8 Å². The third-order valence-corrected chi connectivity index (χ3v) is 6.25. The van der Waals surface area contributed by atoms with E-state index >= 15 is 0 Å². The van der Waals surface area contributed by atoms with Crippen LogP contribution in [0.15, 0.2) is 18.2 Å². The zero-order chi connectivity index (χ0) is 19.5. The van der Waals surface area contributed by atoms with Gasteiger partial charge < -0.3 is 14.4 Å². The summed E-state index contributed by atoms with van der Waals surface area (Å²) in [6.07, 6.45) is -0.599. The van der Waals surface area contributed by atoms with E-state index in [1.807, 2.05) is 32.0 Å². The first-order valence-corrected chi connectivity index (χ1v) is 10.3. The fourth-order valence-electron chi connectivity index (χ4n) is 2.99. The molecule has 1 saturated heterocycles. The van der Waals surface area contributed by atoms with E-state index in [2.05, 4.69) is 0 Å². The second kappa shape index (κ2) is 8.07. The first-order valence-electron chi connectivity index (χ1n) is 8.46. The van der Waals surface area contributed by atoms with Gasteiger partial charge in [-0.2, -0.15) is 0 Å². The Hall–Kier alpha value is -2.09. The van der Waals surface area contributed by atoms with Crippen LogP contribution in [0.3, 0.4) is 0 Å². The van der Waals surface area contributed by atoms with Gasteiger partial charge in [0.25, 0.3) is 5.91 Å². The molecule has 0 aliphatic carbocycles. The first-order chi connectivity index (χ1) is 12.1. The molecule has 1 amide bonds. The first kappa shape index (κ1) is 20.2. The smallest absolute Gasteiger partial charge is 0.344 e. The Morgan fingerprint density at radius 2 is 1.88 bits per heavy atom. The van der Waals surface area contributed by atoms with Gasteiger partial charge in [-0.3, -0.25) is 4.79 Å². The molecule has 0 bridgehead atoms. The van der Waals surface area contributed by atoms with Crippen LogP contribution in [0.25, 0.3) is 0 Å². The molecule has 2 rings (SSSR count). The van der Waals surface area contributed by atoms with Crippen LogP contribution < -0.4 is 4.74 Å². The highest BCUT2D eigenvalue weighted by molar-refractivity contribution is 7.91. The molecule has 0 N–H and O–H groups in total. The number of likely N-dealkylation sites (N-methyl/N-ethyl adjacent to an activating group) is 1. The summed E-state index contributed by atoms with van der Waals surface area (Å²) in [4.78, 5) is 25.7. The number of para-hydroxylation sites is 1. The van der Waals surface area contributed by atoms with Crippen molar-refractivity contribution in [3.8, 4) is 5.75 Å². The van der Waals surface area contributed by atoms with E-state index in [0.717, 1.165) is 11.1 Å². The lowest BCUT2D eigenvalue weighted by atomic mass is 10.1. The van der Waals surface area contributed by atoms with Crippen molar-refractivity contribution < 1.29 is 27.5 Å². The largest absolute Gasteiger partial charge is 0.481 e. The number of carbonyl (C=O) groups is 2. The van der Waals surface area contributed by atoms with E-state index in [1.54, 1.807) is 0 Å². The second-order valence-electron chi connectivity index (χ2n) is 6.65. The van der Waals surface area contributed by atoms with Crippen LogP contribution in [0.1, 0.15) is 24.5 Å². The summed E-state index contributed by atoms with van der Waals surface area (Å²) in [5.41, 5.74) is 1.81. The van der Waals surface area contributed by atoms with Gasteiger partial charge in [0.15, 0.2) is 22.5 Å². The summed E-state index contributed by atoms with van der Waals surface area (Å²) >= 11 is 0. The molecule has 0 saturated carbocycles. The van der Waals surface area contributed by atoms with Crippen LogP contribution in [0, 0.1) is 13.8 Å². The van der Waals surface area contributed by atoms with Crippen molar-refractivity contribution >= 4 is 21.7 Å². The fourth-order valence-corrected chi connectivity index (χ4v) is 4.76. The molecule has 0 radical (unpaired) electrons. The van der Waals surface area contributed by atoms with Crippen molar-refractivity contribution in [2.45, 2.75) is 39.3 Å². The molecule has 1 aromatic carbocycles. The minimum Gasteiger partial charge on any atom is -0.481 e. The summed E-state index contributed by atoms with van der Waals surface area (Å²) in [6.45, 7) is 4.93. The van der Waals surface area contributed by atoms with E-state index in [9.17, 15) is 18.0 Å². The number of aryl methyl sites for hydroxylation is 2. The van der Waals surface area contributed by atoms with Gasteiger partial charge in [0.1, 0.15) is 5.75 Å². The predicted octanol–water partition coefficient (Wildman–Crippen LogP) is 1.26. The highest BCUT2D eigenvalue weighted by Gasteiger charge is 2.34. The average molecular weight is 383 g/mol. The summed E-state index contributed by atoms with van der Waals surface area (Å²) in [5.74, 6) is -0.427. The van der Waals surface area contributed by atoms with Crippen LogP contribution in [0.4, 0.5) is 0 Å². The van der Waals surface area contributed by atoms with Crippen molar-refractivity contribution in [1.82, 2.24) is 4.90 Å². The molecule has 1 aromatic rings. The highest BCUT2D eigenvalue weighted by Crippen LogP contribution is 2.22. The number of nitrogens with zero attached hydrogens (tertiary/aromatic N) is 1. The van der Waals surface area contributed by atoms with Crippen molar-refractivity contribution in [1.29, 1.82) is 0 Å². The molecule has 1 aliphatic heterocycles. The lowest BCUT2D eigenvalue weighted by molar-refractivity contribution is -0.160. The van der Waals surface area contributed by atoms with Gasteiger partial charge in [-0.25, -0.2) is 13.2 Å². The molecule has 144 valence electrons. The molecule has 26 heavy (non-hydrogen) atoms. The molecular formula is C18H25NO6S. The number of hydrogen-bond donors (Lipinski definition) is 0. The molecule has 2 unspecified atom stereocenters. The molecule has 0 aromatic heterocycles. The number of carbonyl (C=O) groups excluding carboxylic acids is 2. The Kier molecular flexibility index (Phi) is 6.28. The number of sulfone groups is 1. The summed E-state index contributed by atoms with van der Waals surface area (Å²) in [7, 11) is -1.56. The van der Waals surface area contributed by atoms with Crippen LogP contribution >= 0.6 is 0 Å². The number of rotatable bonds is 6. The normalized spacial score (nSPS) is 19.6. The number of benzene rings is 1. The molecular weight excluding hydrogens is 358 g/mol. The average Bonchev–Trinajstić information content (AvgIpc) is 2.93. The molecule has 1 heterocycles. The maximum absolute atomic E-state index is 12.4. The standard InChI is InChI=1S/C18H25NO6S/c1-12-6-5-7-13(2)17(12)24-10-16(20)25-14(3)18(21)19(4)15-8-9-26(22,23)11-15/h5-7,14-15H,8-11H2,1-4H3. The third-order valence-electron chi connectivity index (χ3n) is 4.50. The highest BCUT2D eigenvalue weighted by atomic mass is 32.2. The number of esters is 1. The lowest BCUT2D eigenvalue weighted by Crippen LogP contribution is -2.44. The zero-order valence-corrected chi connectivity index (χ0v) is 16.3. The Balaban J connectivity index is 1.87. The molecule has 1 aliphatic rings. The number of amides is 1. The van der Waals surface area contributed by atoms with Crippen LogP contribution in [-0.2, 0) is 24.2 Å². The van der Waals surface area contributed by atoms with Gasteiger partial charge in [0.2, 0.25) is 0 Å². The fraction of sp³-hybridized carbons (Fsp3) is 0.556. The van der Waals surface area contributed by atoms with Gasteiger partial charge >= 0.3 is 5.97 Å². The SMILES string of the molecule is Cc1cccc(C)c1OCC(=O)OC(C)C(=O)N(C)C1CCS(=O)(=O)C1. The number of ether oxygens (including phenoxy) is 2. The molecule has 1 fully saturated rings. The summed E-state index contributed by atoms with van der Waals surface area (Å²) in [6, 6.07) is 5.28. The maximum atomic E-state index is 12.4. The molecule has 7 nitrogen and oxygen atoms in total. The molecule has 2 atom stereocenters. The Bertz CT molecular complexity index is 769. The van der Waals surface area contributed by atoms with Gasteiger partial charge in [0.05, 0.1) is 11.5 Å². The molecule has 0 spiro atoms. The number of hydrogen-bond acceptors (Lipinski definition) is 6. The summed E-state index contributed by atoms with van der Waals surface area (Å²) < 4.78 is 33.8. The van der Waals surface area contributed by atoms with E-state index in [0.29, 0.717) is 12.2 Å². The minimum atomic E-state index is -3.09. The third kappa shape index (κ3) is 4.97. The minimum absolute atomic E-state index is 0.0500. The Morgan fingerprint density at radius 1 is 1.27 bits per heavy atom. The van der Waals surface area contributed by atoms with Crippen molar-refractivity contribution in [2.24, 2.45) is 0 Å². The molecule has 8 heteroatoms.